The highest BCUT2D eigenvalue weighted by Gasteiger charge is 2.30. The van der Waals surface area contributed by atoms with Crippen LogP contribution in [0, 0.1) is 0 Å². The molecule has 1 aromatic heterocycles. The van der Waals surface area contributed by atoms with Crippen LogP contribution in [0.5, 0.6) is 0 Å². The van der Waals surface area contributed by atoms with Gasteiger partial charge in [0.05, 0.1) is 17.3 Å². The zero-order valence-electron chi connectivity index (χ0n) is 11.9. The Labute approximate surface area is 129 Å². The van der Waals surface area contributed by atoms with Gasteiger partial charge in [0.2, 0.25) is 0 Å². The van der Waals surface area contributed by atoms with E-state index in [0.29, 0.717) is 22.6 Å². The van der Waals surface area contributed by atoms with E-state index in [1.165, 1.54) is 12.1 Å². The molecule has 0 aliphatic rings. The Kier molecular flexibility index (Phi) is 4.80. The predicted octanol–water partition coefficient (Wildman–Crippen LogP) is 3.61. The molecule has 0 aliphatic carbocycles. The summed E-state index contributed by atoms with van der Waals surface area (Å²) < 4.78 is 41.3. The Morgan fingerprint density at radius 3 is 2.50 bits per heavy atom. The molecule has 1 atom stereocenters. The Bertz CT molecular complexity index is 652. The molecule has 2 aromatic rings. The summed E-state index contributed by atoms with van der Waals surface area (Å²) in [5.41, 5.74) is 0.494. The minimum atomic E-state index is -4.37. The number of aromatic nitrogens is 2. The van der Waals surface area contributed by atoms with E-state index < -0.39 is 17.8 Å². The highest BCUT2D eigenvalue weighted by atomic mass is 32.1. The van der Waals surface area contributed by atoms with Gasteiger partial charge in [0.1, 0.15) is 4.88 Å². The van der Waals surface area contributed by atoms with E-state index in [1.807, 2.05) is 6.92 Å². The van der Waals surface area contributed by atoms with Crippen LogP contribution in [-0.2, 0) is 12.6 Å². The van der Waals surface area contributed by atoms with Crippen molar-refractivity contribution < 1.29 is 18.0 Å². The molecule has 0 spiro atoms. The summed E-state index contributed by atoms with van der Waals surface area (Å²) >= 11 is 1.00. The van der Waals surface area contributed by atoms with Crippen LogP contribution in [-0.4, -0.2) is 15.5 Å². The number of nitrogens with zero attached hydrogens (tertiary/aromatic N) is 2. The van der Waals surface area contributed by atoms with Crippen LogP contribution in [0.4, 0.5) is 13.2 Å². The Balaban J connectivity index is 2.09. The van der Waals surface area contributed by atoms with Gasteiger partial charge in [-0.2, -0.15) is 13.2 Å². The number of alkyl halides is 3. The molecule has 4 nitrogen and oxygen atoms in total. The molecule has 0 radical (unpaired) electrons. The highest BCUT2D eigenvalue weighted by molar-refractivity contribution is 7.08. The van der Waals surface area contributed by atoms with Gasteiger partial charge in [-0.05, 0) is 42.6 Å². The fourth-order valence-electron chi connectivity index (χ4n) is 1.92. The average molecular weight is 329 g/mol. The van der Waals surface area contributed by atoms with Crippen molar-refractivity contribution in [1.82, 2.24) is 14.9 Å². The molecule has 0 bridgehead atoms. The summed E-state index contributed by atoms with van der Waals surface area (Å²) in [5.74, 6) is -0.320. The molecule has 0 aliphatic heterocycles. The second-order valence-electron chi connectivity index (χ2n) is 4.72. The zero-order valence-corrected chi connectivity index (χ0v) is 12.8. The number of hydrogen-bond acceptors (Lipinski definition) is 4. The van der Waals surface area contributed by atoms with E-state index >= 15 is 0 Å². The Morgan fingerprint density at radius 2 is 1.95 bits per heavy atom. The van der Waals surface area contributed by atoms with Crippen LogP contribution in [0.15, 0.2) is 24.3 Å². The van der Waals surface area contributed by atoms with Gasteiger partial charge < -0.3 is 5.32 Å². The molecule has 8 heteroatoms. The van der Waals surface area contributed by atoms with E-state index in [-0.39, 0.29) is 5.91 Å². The van der Waals surface area contributed by atoms with Crippen LogP contribution in [0.3, 0.4) is 0 Å². The molecule has 22 heavy (non-hydrogen) atoms. The number of aryl methyl sites for hydroxylation is 1. The third kappa shape index (κ3) is 3.62. The molecule has 0 fully saturated rings. The molecule has 0 saturated carbocycles. The number of halogens is 3. The van der Waals surface area contributed by atoms with E-state index in [2.05, 4.69) is 14.9 Å². The maximum Gasteiger partial charge on any atom is 0.416 e. The number of hydrogen-bond donors (Lipinski definition) is 1. The van der Waals surface area contributed by atoms with E-state index in [1.54, 1.807) is 6.92 Å². The van der Waals surface area contributed by atoms with E-state index in [0.717, 1.165) is 23.7 Å². The first kappa shape index (κ1) is 16.4. The minimum absolute atomic E-state index is 0.320. The molecule has 0 unspecified atom stereocenters. The largest absolute Gasteiger partial charge is 0.416 e. The third-order valence-electron chi connectivity index (χ3n) is 3.18. The Hall–Kier alpha value is -1.96. The number of amides is 1. The normalized spacial score (nSPS) is 13.0. The summed E-state index contributed by atoms with van der Waals surface area (Å²) in [6.45, 7) is 3.58. The molecule has 118 valence electrons. The number of carbonyl (C=O) groups excluding carboxylic acids is 1. The molecule has 2 rings (SSSR count). The quantitative estimate of drug-likeness (QED) is 0.932. The van der Waals surface area contributed by atoms with Gasteiger partial charge in [-0.15, -0.1) is 5.10 Å². The second-order valence-corrected chi connectivity index (χ2v) is 5.47. The molecule has 1 N–H and O–H groups in total. The molecular weight excluding hydrogens is 315 g/mol. The van der Waals surface area contributed by atoms with Crippen LogP contribution in [0.2, 0.25) is 0 Å². The molecular formula is C14H14F3N3OS. The number of rotatable bonds is 4. The second kappa shape index (κ2) is 6.43. The fraction of sp³-hybridized carbons (Fsp3) is 0.357. The molecule has 1 aromatic carbocycles. The number of carbonyl (C=O) groups is 1. The lowest BCUT2D eigenvalue weighted by atomic mass is 10.1. The van der Waals surface area contributed by atoms with Gasteiger partial charge in [-0.1, -0.05) is 23.5 Å². The van der Waals surface area contributed by atoms with Gasteiger partial charge in [-0.3, -0.25) is 4.79 Å². The van der Waals surface area contributed by atoms with Crippen LogP contribution in [0.1, 0.15) is 46.4 Å². The van der Waals surface area contributed by atoms with Crippen molar-refractivity contribution in [3.63, 3.8) is 0 Å². The fourth-order valence-corrected chi connectivity index (χ4v) is 2.57. The van der Waals surface area contributed by atoms with Gasteiger partial charge in [-0.25, -0.2) is 0 Å². The van der Waals surface area contributed by atoms with Crippen LogP contribution >= 0.6 is 11.5 Å². The maximum atomic E-state index is 12.5. The summed E-state index contributed by atoms with van der Waals surface area (Å²) in [5, 5.41) is 6.60. The third-order valence-corrected chi connectivity index (χ3v) is 3.95. The highest BCUT2D eigenvalue weighted by Crippen LogP contribution is 2.30. The first-order valence-electron chi connectivity index (χ1n) is 6.62. The van der Waals surface area contributed by atoms with Gasteiger partial charge in [0.25, 0.3) is 5.91 Å². The van der Waals surface area contributed by atoms with Crippen molar-refractivity contribution in [3.05, 3.63) is 46.0 Å². The van der Waals surface area contributed by atoms with Gasteiger partial charge in [0, 0.05) is 0 Å². The smallest absolute Gasteiger partial charge is 0.345 e. The first-order valence-corrected chi connectivity index (χ1v) is 7.39. The van der Waals surface area contributed by atoms with Crippen molar-refractivity contribution >= 4 is 17.4 Å². The first-order chi connectivity index (χ1) is 10.3. The zero-order chi connectivity index (χ0) is 16.3. The van der Waals surface area contributed by atoms with E-state index in [4.69, 9.17) is 0 Å². The minimum Gasteiger partial charge on any atom is -0.345 e. The summed E-state index contributed by atoms with van der Waals surface area (Å²) in [7, 11) is 0. The maximum absolute atomic E-state index is 12.5. The standard InChI is InChI=1S/C14H14F3N3OS/c1-3-11-12(22-20-19-11)13(21)18-8(2)9-4-6-10(7-5-9)14(15,16)17/h4-8H,3H2,1-2H3,(H,18,21)/t8-/m0/s1. The lowest BCUT2D eigenvalue weighted by Gasteiger charge is -2.15. The molecule has 0 saturated heterocycles. The summed E-state index contributed by atoms with van der Waals surface area (Å²) in [6.07, 6.45) is -3.77. The Morgan fingerprint density at radius 1 is 1.32 bits per heavy atom. The van der Waals surface area contributed by atoms with Crippen molar-refractivity contribution in [1.29, 1.82) is 0 Å². The molecule has 1 heterocycles. The van der Waals surface area contributed by atoms with Crippen molar-refractivity contribution in [3.8, 4) is 0 Å². The van der Waals surface area contributed by atoms with Crippen molar-refractivity contribution in [2.24, 2.45) is 0 Å². The topological polar surface area (TPSA) is 54.9 Å². The lowest BCUT2D eigenvalue weighted by molar-refractivity contribution is -0.137. The van der Waals surface area contributed by atoms with Crippen LogP contribution in [0.25, 0.3) is 0 Å². The summed E-state index contributed by atoms with van der Waals surface area (Å²) in [6, 6.07) is 4.31. The van der Waals surface area contributed by atoms with Crippen molar-refractivity contribution in [2.45, 2.75) is 32.5 Å². The average Bonchev–Trinajstić information content (AvgIpc) is 2.95. The van der Waals surface area contributed by atoms with Crippen LogP contribution < -0.4 is 5.32 Å². The van der Waals surface area contributed by atoms with Crippen molar-refractivity contribution in [2.75, 3.05) is 0 Å². The van der Waals surface area contributed by atoms with Gasteiger partial charge in [0.15, 0.2) is 0 Å². The number of nitrogens with one attached hydrogen (secondary N) is 1. The number of benzene rings is 1. The van der Waals surface area contributed by atoms with E-state index in [9.17, 15) is 18.0 Å². The lowest BCUT2D eigenvalue weighted by Crippen LogP contribution is -2.26. The molecule has 1 amide bonds. The monoisotopic (exact) mass is 329 g/mol. The predicted molar refractivity (Wildman–Crippen MR) is 76.6 cm³/mol. The van der Waals surface area contributed by atoms with Gasteiger partial charge >= 0.3 is 6.18 Å². The SMILES string of the molecule is CCc1nnsc1C(=O)N[C@@H](C)c1ccc(C(F)(F)F)cc1. The summed E-state index contributed by atoms with van der Waals surface area (Å²) in [4.78, 5) is 12.6.